The first-order valence-corrected chi connectivity index (χ1v) is 4.77. The minimum atomic E-state index is -0.699. The van der Waals surface area contributed by atoms with Crippen molar-refractivity contribution in [3.63, 3.8) is 0 Å². The van der Waals surface area contributed by atoms with Gasteiger partial charge in [-0.3, -0.25) is 0 Å². The van der Waals surface area contributed by atoms with E-state index < -0.39 is 6.10 Å². The molecule has 3 N–H and O–H groups in total. The first-order valence-electron chi connectivity index (χ1n) is 3.98. The van der Waals surface area contributed by atoms with Crippen molar-refractivity contribution in [2.75, 3.05) is 6.54 Å². The van der Waals surface area contributed by atoms with Crippen molar-refractivity contribution in [1.82, 2.24) is 0 Å². The van der Waals surface area contributed by atoms with Crippen molar-refractivity contribution >= 4 is 15.9 Å². The molecule has 2 nitrogen and oxygen atoms in total. The molecule has 0 saturated heterocycles. The molecule has 1 rings (SSSR count). The number of aliphatic hydroxyl groups is 1. The van der Waals surface area contributed by atoms with Gasteiger partial charge in [0.05, 0.1) is 6.10 Å². The second-order valence-electron chi connectivity index (χ2n) is 2.76. The van der Waals surface area contributed by atoms with Crippen LogP contribution in [0, 0.1) is 5.82 Å². The highest BCUT2D eigenvalue weighted by Gasteiger charge is 2.10. The van der Waals surface area contributed by atoms with E-state index in [0.29, 0.717) is 23.0 Å². The standard InChI is InChI=1S/C9H11BrFNO/c10-8-2-1-6(11)5-7(8)9(13)3-4-12/h1-2,5,9,13H,3-4,12H2/t9-/m1/s1. The van der Waals surface area contributed by atoms with Crippen LogP contribution in [-0.2, 0) is 0 Å². The molecule has 13 heavy (non-hydrogen) atoms. The third-order valence-corrected chi connectivity index (χ3v) is 2.48. The molecule has 0 fully saturated rings. The number of nitrogens with two attached hydrogens (primary N) is 1. The molecule has 0 aromatic heterocycles. The van der Waals surface area contributed by atoms with Gasteiger partial charge in [-0.05, 0) is 36.7 Å². The lowest BCUT2D eigenvalue weighted by Crippen LogP contribution is -2.07. The Morgan fingerprint density at radius 2 is 2.23 bits per heavy atom. The van der Waals surface area contributed by atoms with Crippen molar-refractivity contribution in [2.45, 2.75) is 12.5 Å². The highest BCUT2D eigenvalue weighted by atomic mass is 79.9. The quantitative estimate of drug-likeness (QED) is 0.858. The predicted molar refractivity (Wildman–Crippen MR) is 52.7 cm³/mol. The van der Waals surface area contributed by atoms with E-state index in [4.69, 9.17) is 5.73 Å². The Morgan fingerprint density at radius 1 is 1.54 bits per heavy atom. The summed E-state index contributed by atoms with van der Waals surface area (Å²) in [4.78, 5) is 0. The topological polar surface area (TPSA) is 46.2 Å². The van der Waals surface area contributed by atoms with Gasteiger partial charge in [0.2, 0.25) is 0 Å². The lowest BCUT2D eigenvalue weighted by molar-refractivity contribution is 0.169. The van der Waals surface area contributed by atoms with Crippen molar-refractivity contribution in [3.8, 4) is 0 Å². The SMILES string of the molecule is NCC[C@@H](O)c1cc(F)ccc1Br. The smallest absolute Gasteiger partial charge is 0.123 e. The average Bonchev–Trinajstić information content (AvgIpc) is 2.09. The van der Waals surface area contributed by atoms with Crippen LogP contribution in [0.2, 0.25) is 0 Å². The van der Waals surface area contributed by atoms with Crippen LogP contribution in [-0.4, -0.2) is 11.7 Å². The summed E-state index contributed by atoms with van der Waals surface area (Å²) in [5.74, 6) is -0.353. The molecule has 0 saturated carbocycles. The van der Waals surface area contributed by atoms with Crippen molar-refractivity contribution < 1.29 is 9.50 Å². The molecule has 1 aromatic rings. The van der Waals surface area contributed by atoms with Crippen LogP contribution in [0.1, 0.15) is 18.1 Å². The summed E-state index contributed by atoms with van der Waals surface area (Å²) in [6, 6.07) is 4.22. The van der Waals surface area contributed by atoms with E-state index in [1.54, 1.807) is 6.07 Å². The minimum Gasteiger partial charge on any atom is -0.388 e. The third kappa shape index (κ3) is 2.76. The fraction of sp³-hybridized carbons (Fsp3) is 0.333. The summed E-state index contributed by atoms with van der Waals surface area (Å²) >= 11 is 3.23. The molecule has 0 radical (unpaired) electrons. The minimum absolute atomic E-state index is 0.353. The second-order valence-corrected chi connectivity index (χ2v) is 3.61. The molecule has 1 aromatic carbocycles. The maximum Gasteiger partial charge on any atom is 0.123 e. The van der Waals surface area contributed by atoms with Gasteiger partial charge in [-0.2, -0.15) is 0 Å². The van der Waals surface area contributed by atoms with Crippen LogP contribution in [0.5, 0.6) is 0 Å². The van der Waals surface area contributed by atoms with Crippen molar-refractivity contribution in [3.05, 3.63) is 34.1 Å². The van der Waals surface area contributed by atoms with Crippen LogP contribution in [0.3, 0.4) is 0 Å². The fourth-order valence-corrected chi connectivity index (χ4v) is 1.59. The Morgan fingerprint density at radius 3 is 2.85 bits per heavy atom. The van der Waals surface area contributed by atoms with Gasteiger partial charge < -0.3 is 10.8 Å². The Bertz CT molecular complexity index is 293. The highest BCUT2D eigenvalue weighted by molar-refractivity contribution is 9.10. The van der Waals surface area contributed by atoms with E-state index in [9.17, 15) is 9.50 Å². The molecule has 4 heteroatoms. The van der Waals surface area contributed by atoms with E-state index in [1.165, 1.54) is 12.1 Å². The van der Waals surface area contributed by atoms with Gasteiger partial charge in [0.15, 0.2) is 0 Å². The third-order valence-electron chi connectivity index (χ3n) is 1.76. The van der Waals surface area contributed by atoms with Gasteiger partial charge in [-0.15, -0.1) is 0 Å². The van der Waals surface area contributed by atoms with Gasteiger partial charge in [0.25, 0.3) is 0 Å². The zero-order valence-corrected chi connectivity index (χ0v) is 8.59. The number of hydrogen-bond acceptors (Lipinski definition) is 2. The number of rotatable bonds is 3. The van der Waals surface area contributed by atoms with Crippen molar-refractivity contribution in [1.29, 1.82) is 0 Å². The Hall–Kier alpha value is -0.450. The van der Waals surface area contributed by atoms with Crippen LogP contribution >= 0.6 is 15.9 Å². The van der Waals surface area contributed by atoms with Crippen LogP contribution in [0.4, 0.5) is 4.39 Å². The number of benzene rings is 1. The van der Waals surface area contributed by atoms with Crippen LogP contribution in [0.25, 0.3) is 0 Å². The highest BCUT2D eigenvalue weighted by Crippen LogP contribution is 2.25. The van der Waals surface area contributed by atoms with E-state index in [-0.39, 0.29) is 5.82 Å². The molecule has 1 atom stereocenters. The van der Waals surface area contributed by atoms with E-state index in [2.05, 4.69) is 15.9 Å². The zero-order chi connectivity index (χ0) is 9.84. The molecule has 0 heterocycles. The van der Waals surface area contributed by atoms with E-state index in [0.717, 1.165) is 0 Å². The fourth-order valence-electron chi connectivity index (χ4n) is 1.08. The Labute approximate surface area is 84.7 Å². The maximum absolute atomic E-state index is 12.8. The summed E-state index contributed by atoms with van der Waals surface area (Å²) < 4.78 is 13.5. The summed E-state index contributed by atoms with van der Waals surface area (Å²) in [7, 11) is 0. The Balaban J connectivity index is 2.91. The van der Waals surface area contributed by atoms with Crippen LogP contribution < -0.4 is 5.73 Å². The molecular formula is C9H11BrFNO. The Kier molecular flexibility index (Phi) is 3.84. The van der Waals surface area contributed by atoms with Gasteiger partial charge >= 0.3 is 0 Å². The van der Waals surface area contributed by atoms with Gasteiger partial charge in [0, 0.05) is 4.47 Å². The lowest BCUT2D eigenvalue weighted by Gasteiger charge is -2.11. The maximum atomic E-state index is 12.8. The van der Waals surface area contributed by atoms with Gasteiger partial charge in [-0.25, -0.2) is 4.39 Å². The molecule has 0 aliphatic carbocycles. The van der Waals surface area contributed by atoms with E-state index in [1.807, 2.05) is 0 Å². The molecule has 0 spiro atoms. The summed E-state index contributed by atoms with van der Waals surface area (Å²) in [6.07, 6.45) is -0.266. The normalized spacial score (nSPS) is 12.9. The molecular weight excluding hydrogens is 237 g/mol. The molecule has 0 amide bonds. The molecule has 0 aliphatic rings. The lowest BCUT2D eigenvalue weighted by atomic mass is 10.1. The molecule has 72 valence electrons. The average molecular weight is 248 g/mol. The summed E-state index contributed by atoms with van der Waals surface area (Å²) in [5, 5.41) is 9.55. The molecule has 0 bridgehead atoms. The monoisotopic (exact) mass is 247 g/mol. The van der Waals surface area contributed by atoms with Gasteiger partial charge in [-0.1, -0.05) is 15.9 Å². The van der Waals surface area contributed by atoms with Crippen molar-refractivity contribution in [2.24, 2.45) is 5.73 Å². The first-order chi connectivity index (χ1) is 6.15. The first kappa shape index (κ1) is 10.6. The van der Waals surface area contributed by atoms with Gasteiger partial charge in [0.1, 0.15) is 5.82 Å². The van der Waals surface area contributed by atoms with E-state index >= 15 is 0 Å². The predicted octanol–water partition coefficient (Wildman–Crippen LogP) is 1.97. The second kappa shape index (κ2) is 4.69. The summed E-state index contributed by atoms with van der Waals surface area (Å²) in [6.45, 7) is 0.379. The summed E-state index contributed by atoms with van der Waals surface area (Å²) in [5.41, 5.74) is 5.83. The van der Waals surface area contributed by atoms with Crippen LogP contribution in [0.15, 0.2) is 22.7 Å². The number of aliphatic hydroxyl groups excluding tert-OH is 1. The number of halogens is 2. The molecule has 0 aliphatic heterocycles. The largest absolute Gasteiger partial charge is 0.388 e. The number of hydrogen-bond donors (Lipinski definition) is 2. The zero-order valence-electron chi connectivity index (χ0n) is 7.00. The molecule has 0 unspecified atom stereocenters.